The van der Waals surface area contributed by atoms with Gasteiger partial charge < -0.3 is 5.11 Å². The Morgan fingerprint density at radius 2 is 1.73 bits per heavy atom. The quantitative estimate of drug-likeness (QED) is 0.373. The maximum atomic E-state index is 13.3. The van der Waals surface area contributed by atoms with E-state index in [9.17, 15) is 9.50 Å². The fraction of sp³-hybridized carbons (Fsp3) is 0.207. The lowest BCUT2D eigenvalue weighted by molar-refractivity contribution is 0.121. The summed E-state index contributed by atoms with van der Waals surface area (Å²) in [6.07, 6.45) is 4.89. The first kappa shape index (κ1) is 21.4. The number of rotatable bonds is 5. The molecular formula is C29H27FN2O. The predicted molar refractivity (Wildman–Crippen MR) is 130 cm³/mol. The smallest absolute Gasteiger partial charge is 0.123 e. The van der Waals surface area contributed by atoms with E-state index in [1.165, 1.54) is 17.7 Å². The zero-order chi connectivity index (χ0) is 23.0. The standard InChI is InChI=1S/C29H27FN2O/c1-20-15-27-24(19-31-32(27)26-13-11-25(30)12-14-26)17-29(20,2)18-28(33)23-10-6-9-22(16-23)21-7-4-3-5-8-21/h3-16,19,28,33H,17-18H2,1-2H3/t28?,29-/m1/s1. The van der Waals surface area contributed by atoms with E-state index in [0.717, 1.165) is 40.1 Å². The zero-order valence-electron chi connectivity index (χ0n) is 18.9. The van der Waals surface area contributed by atoms with Gasteiger partial charge in [0.2, 0.25) is 0 Å². The normalized spacial score (nSPS) is 18.5. The van der Waals surface area contributed by atoms with Gasteiger partial charge in [0.25, 0.3) is 0 Å². The van der Waals surface area contributed by atoms with E-state index in [1.807, 2.05) is 41.2 Å². The Bertz CT molecular complexity index is 1310. The first-order valence-electron chi connectivity index (χ1n) is 11.3. The molecule has 1 unspecified atom stereocenters. The fourth-order valence-electron chi connectivity index (χ4n) is 4.74. The van der Waals surface area contributed by atoms with Crippen LogP contribution in [0.3, 0.4) is 0 Å². The number of allylic oxidation sites excluding steroid dienone is 1. The van der Waals surface area contributed by atoms with Gasteiger partial charge in [0.05, 0.1) is 23.7 Å². The number of hydrogen-bond acceptors (Lipinski definition) is 2. The van der Waals surface area contributed by atoms with Gasteiger partial charge in [-0.1, -0.05) is 61.0 Å². The molecule has 5 rings (SSSR count). The molecule has 0 spiro atoms. The van der Waals surface area contributed by atoms with Crippen LogP contribution in [0.2, 0.25) is 0 Å². The van der Waals surface area contributed by atoms with Crippen LogP contribution in [0.5, 0.6) is 0 Å². The SMILES string of the molecule is CC1=Cc2c(cnn2-c2ccc(F)cc2)C[C@]1(C)CC(O)c1cccc(-c2ccccc2)c1. The number of halogens is 1. The average Bonchev–Trinajstić information content (AvgIpc) is 3.22. The number of fused-ring (bicyclic) bond motifs is 1. The third-order valence-electron chi connectivity index (χ3n) is 6.87. The number of aliphatic hydroxyl groups excluding tert-OH is 1. The van der Waals surface area contributed by atoms with E-state index in [-0.39, 0.29) is 11.2 Å². The summed E-state index contributed by atoms with van der Waals surface area (Å²) in [6.45, 7) is 4.33. The Morgan fingerprint density at radius 1 is 1.00 bits per heavy atom. The molecule has 0 fully saturated rings. The zero-order valence-corrected chi connectivity index (χ0v) is 18.9. The summed E-state index contributed by atoms with van der Waals surface area (Å²) in [4.78, 5) is 0. The molecule has 1 aliphatic rings. The van der Waals surface area contributed by atoms with Crippen LogP contribution in [0.1, 0.15) is 43.2 Å². The largest absolute Gasteiger partial charge is 0.388 e. The number of aromatic nitrogens is 2. The highest BCUT2D eigenvalue weighted by Crippen LogP contribution is 2.44. The van der Waals surface area contributed by atoms with Gasteiger partial charge in [-0.2, -0.15) is 5.10 Å². The average molecular weight is 439 g/mol. The minimum atomic E-state index is -0.573. The van der Waals surface area contributed by atoms with Crippen molar-refractivity contribution in [2.45, 2.75) is 32.8 Å². The summed E-state index contributed by atoms with van der Waals surface area (Å²) in [7, 11) is 0. The molecule has 166 valence electrons. The lowest BCUT2D eigenvalue weighted by atomic mass is 9.70. The van der Waals surface area contributed by atoms with Crippen LogP contribution in [0.25, 0.3) is 22.9 Å². The molecule has 1 aliphatic carbocycles. The molecule has 33 heavy (non-hydrogen) atoms. The van der Waals surface area contributed by atoms with E-state index in [4.69, 9.17) is 0 Å². The summed E-state index contributed by atoms with van der Waals surface area (Å²) in [5.41, 5.74) is 7.19. The second kappa shape index (κ2) is 8.45. The van der Waals surface area contributed by atoms with Crippen LogP contribution >= 0.6 is 0 Å². The molecule has 0 amide bonds. The van der Waals surface area contributed by atoms with Crippen molar-refractivity contribution in [1.29, 1.82) is 0 Å². The van der Waals surface area contributed by atoms with Gasteiger partial charge in [0.15, 0.2) is 0 Å². The minimum absolute atomic E-state index is 0.189. The number of aliphatic hydroxyl groups is 1. The summed E-state index contributed by atoms with van der Waals surface area (Å²) in [5.74, 6) is -0.260. The topological polar surface area (TPSA) is 38.0 Å². The van der Waals surface area contributed by atoms with E-state index in [0.29, 0.717) is 6.42 Å². The van der Waals surface area contributed by atoms with Crippen LogP contribution in [0.4, 0.5) is 4.39 Å². The highest BCUT2D eigenvalue weighted by molar-refractivity contribution is 5.64. The van der Waals surface area contributed by atoms with E-state index >= 15 is 0 Å². The molecule has 4 aromatic rings. The molecule has 3 nitrogen and oxygen atoms in total. The molecule has 3 aromatic carbocycles. The first-order chi connectivity index (χ1) is 15.9. The highest BCUT2D eigenvalue weighted by atomic mass is 19.1. The molecule has 1 heterocycles. The van der Waals surface area contributed by atoms with Gasteiger partial charge in [0.1, 0.15) is 5.82 Å². The van der Waals surface area contributed by atoms with Gasteiger partial charge in [-0.15, -0.1) is 0 Å². The molecule has 0 aliphatic heterocycles. The highest BCUT2D eigenvalue weighted by Gasteiger charge is 2.35. The van der Waals surface area contributed by atoms with Crippen molar-refractivity contribution in [3.8, 4) is 16.8 Å². The van der Waals surface area contributed by atoms with Crippen molar-refractivity contribution < 1.29 is 9.50 Å². The van der Waals surface area contributed by atoms with Gasteiger partial charge in [-0.25, -0.2) is 9.07 Å². The predicted octanol–water partition coefficient (Wildman–Crippen LogP) is 6.77. The Morgan fingerprint density at radius 3 is 2.48 bits per heavy atom. The van der Waals surface area contributed by atoms with Crippen molar-refractivity contribution in [2.24, 2.45) is 5.41 Å². The van der Waals surface area contributed by atoms with Crippen molar-refractivity contribution in [2.75, 3.05) is 0 Å². The summed E-state index contributed by atoms with van der Waals surface area (Å²) in [6, 6.07) is 24.8. The Labute approximate surface area is 193 Å². The van der Waals surface area contributed by atoms with Gasteiger partial charge in [-0.05, 0) is 83.8 Å². The van der Waals surface area contributed by atoms with Crippen molar-refractivity contribution in [3.63, 3.8) is 0 Å². The summed E-state index contributed by atoms with van der Waals surface area (Å²) >= 11 is 0. The molecule has 0 saturated carbocycles. The van der Waals surface area contributed by atoms with Crippen LogP contribution in [-0.4, -0.2) is 14.9 Å². The summed E-state index contributed by atoms with van der Waals surface area (Å²) < 4.78 is 15.2. The van der Waals surface area contributed by atoms with Gasteiger partial charge in [0, 0.05) is 0 Å². The number of benzene rings is 3. The fourth-order valence-corrected chi connectivity index (χ4v) is 4.74. The van der Waals surface area contributed by atoms with E-state index < -0.39 is 6.10 Å². The number of hydrogen-bond donors (Lipinski definition) is 1. The van der Waals surface area contributed by atoms with Crippen LogP contribution in [-0.2, 0) is 6.42 Å². The summed E-state index contributed by atoms with van der Waals surface area (Å²) in [5, 5.41) is 15.8. The second-order valence-corrected chi connectivity index (χ2v) is 9.22. The van der Waals surface area contributed by atoms with Crippen LogP contribution in [0.15, 0.2) is 90.6 Å². The van der Waals surface area contributed by atoms with Gasteiger partial charge in [-0.3, -0.25) is 0 Å². The molecule has 0 radical (unpaired) electrons. The monoisotopic (exact) mass is 438 g/mol. The lowest BCUT2D eigenvalue weighted by Crippen LogP contribution is -2.27. The molecule has 1 N–H and O–H groups in total. The Hall–Kier alpha value is -3.50. The maximum absolute atomic E-state index is 13.3. The molecule has 1 aromatic heterocycles. The third-order valence-corrected chi connectivity index (χ3v) is 6.87. The lowest BCUT2D eigenvalue weighted by Gasteiger charge is -2.36. The van der Waals surface area contributed by atoms with Crippen molar-refractivity contribution in [3.05, 3.63) is 113 Å². The Balaban J connectivity index is 1.40. The van der Waals surface area contributed by atoms with E-state index in [1.54, 1.807) is 12.1 Å². The number of nitrogens with zero attached hydrogens (tertiary/aromatic N) is 2. The van der Waals surface area contributed by atoms with Crippen molar-refractivity contribution >= 4 is 6.08 Å². The molecule has 4 heteroatoms. The van der Waals surface area contributed by atoms with Gasteiger partial charge >= 0.3 is 0 Å². The first-order valence-corrected chi connectivity index (χ1v) is 11.3. The third kappa shape index (κ3) is 4.14. The minimum Gasteiger partial charge on any atom is -0.388 e. The Kier molecular flexibility index (Phi) is 5.47. The molecule has 0 saturated heterocycles. The van der Waals surface area contributed by atoms with E-state index in [2.05, 4.69) is 49.3 Å². The van der Waals surface area contributed by atoms with Crippen molar-refractivity contribution in [1.82, 2.24) is 9.78 Å². The molecule has 2 atom stereocenters. The maximum Gasteiger partial charge on any atom is 0.123 e. The van der Waals surface area contributed by atoms with Crippen LogP contribution < -0.4 is 0 Å². The molecule has 0 bridgehead atoms. The van der Waals surface area contributed by atoms with Crippen LogP contribution in [0, 0.1) is 11.2 Å². The second-order valence-electron chi connectivity index (χ2n) is 9.22. The molecular weight excluding hydrogens is 411 g/mol.